The molecule has 0 saturated carbocycles. The van der Waals surface area contributed by atoms with Crippen molar-refractivity contribution in [3.05, 3.63) is 59.4 Å². The first kappa shape index (κ1) is 15.8. The highest BCUT2D eigenvalue weighted by atomic mass is 15.0. The van der Waals surface area contributed by atoms with Gasteiger partial charge in [0.2, 0.25) is 0 Å². The van der Waals surface area contributed by atoms with Gasteiger partial charge in [-0.1, -0.05) is 45.0 Å². The van der Waals surface area contributed by atoms with E-state index in [-0.39, 0.29) is 0 Å². The third kappa shape index (κ3) is 4.21. The number of nitrogens with one attached hydrogen (secondary N) is 1. The fourth-order valence-electron chi connectivity index (χ4n) is 2.72. The van der Waals surface area contributed by atoms with Crippen LogP contribution < -0.4 is 5.32 Å². The molecule has 1 N–H and O–H groups in total. The molecule has 0 aliphatic carbocycles. The van der Waals surface area contributed by atoms with Crippen LogP contribution in [0.15, 0.2) is 42.7 Å². The van der Waals surface area contributed by atoms with Crippen molar-refractivity contribution in [1.29, 1.82) is 0 Å². The van der Waals surface area contributed by atoms with E-state index >= 15 is 0 Å². The second-order valence-corrected chi connectivity index (χ2v) is 6.05. The maximum atomic E-state index is 3.71. The summed E-state index contributed by atoms with van der Waals surface area (Å²) in [5.74, 6) is 0.575. The Morgan fingerprint density at radius 2 is 1.71 bits per heavy atom. The minimum absolute atomic E-state index is 0.404. The molecule has 114 valence electrons. The Kier molecular flexibility index (Phi) is 5.63. The van der Waals surface area contributed by atoms with Crippen molar-refractivity contribution >= 4 is 0 Å². The van der Waals surface area contributed by atoms with E-state index in [4.69, 9.17) is 0 Å². The van der Waals surface area contributed by atoms with Crippen LogP contribution in [0.5, 0.6) is 0 Å². The molecule has 0 saturated heterocycles. The molecular formula is C19H28N2. The molecule has 1 atom stereocenters. The monoisotopic (exact) mass is 284 g/mol. The first-order valence-electron chi connectivity index (χ1n) is 8.10. The van der Waals surface area contributed by atoms with Gasteiger partial charge in [-0.25, -0.2) is 0 Å². The Bertz CT molecular complexity index is 537. The van der Waals surface area contributed by atoms with Gasteiger partial charge in [0.25, 0.3) is 0 Å². The van der Waals surface area contributed by atoms with Crippen molar-refractivity contribution in [1.82, 2.24) is 9.88 Å². The summed E-state index contributed by atoms with van der Waals surface area (Å²) in [6.45, 7) is 10.9. The van der Waals surface area contributed by atoms with Crippen LogP contribution in [-0.4, -0.2) is 4.57 Å². The van der Waals surface area contributed by atoms with Gasteiger partial charge in [-0.05, 0) is 42.0 Å². The molecule has 1 heterocycles. The molecule has 1 unspecified atom stereocenters. The Morgan fingerprint density at radius 3 is 2.24 bits per heavy atom. The highest BCUT2D eigenvalue weighted by Gasteiger charge is 2.15. The summed E-state index contributed by atoms with van der Waals surface area (Å²) in [6, 6.07) is 11.6. The Hall–Kier alpha value is -1.54. The molecule has 21 heavy (non-hydrogen) atoms. The lowest BCUT2D eigenvalue weighted by atomic mass is 9.94. The summed E-state index contributed by atoms with van der Waals surface area (Å²) in [5, 5.41) is 3.71. The van der Waals surface area contributed by atoms with Gasteiger partial charge < -0.3 is 9.88 Å². The lowest BCUT2D eigenvalue weighted by molar-refractivity contribution is 0.410. The maximum absolute atomic E-state index is 3.71. The van der Waals surface area contributed by atoms with Crippen molar-refractivity contribution in [2.45, 2.75) is 53.2 Å². The molecule has 0 bridgehead atoms. The number of aryl methyl sites for hydroxylation is 2. The predicted molar refractivity (Wildman–Crippen MR) is 90.3 cm³/mol. The zero-order chi connectivity index (χ0) is 15.2. The molecule has 0 aliphatic rings. The zero-order valence-electron chi connectivity index (χ0n) is 13.8. The van der Waals surface area contributed by atoms with Gasteiger partial charge in [-0.2, -0.15) is 0 Å². The molecular weight excluding hydrogens is 256 g/mol. The maximum Gasteiger partial charge on any atom is 0.0346 e. The molecule has 0 fully saturated rings. The van der Waals surface area contributed by atoms with Crippen molar-refractivity contribution < 1.29 is 0 Å². The second-order valence-electron chi connectivity index (χ2n) is 6.05. The van der Waals surface area contributed by atoms with E-state index < -0.39 is 0 Å². The fraction of sp³-hybridized carbons (Fsp3) is 0.474. The molecule has 2 heteroatoms. The van der Waals surface area contributed by atoms with Gasteiger partial charge in [0.05, 0.1) is 0 Å². The van der Waals surface area contributed by atoms with Crippen LogP contribution in [0.3, 0.4) is 0 Å². The third-order valence-electron chi connectivity index (χ3n) is 4.12. The summed E-state index contributed by atoms with van der Waals surface area (Å²) >= 11 is 0. The van der Waals surface area contributed by atoms with E-state index in [2.05, 4.69) is 80.3 Å². The largest absolute Gasteiger partial charge is 0.354 e. The summed E-state index contributed by atoms with van der Waals surface area (Å²) in [5.41, 5.74) is 4.14. The minimum atomic E-state index is 0.404. The number of hydrogen-bond acceptors (Lipinski definition) is 1. The number of benzene rings is 1. The van der Waals surface area contributed by atoms with E-state index in [1.165, 1.54) is 16.7 Å². The SMILES string of the molecule is CCc1ccc(C(NCc2ccn(CC)c2)C(C)C)cc1. The molecule has 2 aromatic rings. The molecule has 0 aliphatic heterocycles. The normalized spacial score (nSPS) is 12.8. The lowest BCUT2D eigenvalue weighted by Gasteiger charge is -2.23. The van der Waals surface area contributed by atoms with Gasteiger partial charge in [-0.15, -0.1) is 0 Å². The van der Waals surface area contributed by atoms with Crippen LogP contribution in [-0.2, 0) is 19.5 Å². The van der Waals surface area contributed by atoms with E-state index in [1.807, 2.05) is 0 Å². The molecule has 2 nitrogen and oxygen atoms in total. The van der Waals surface area contributed by atoms with Crippen molar-refractivity contribution in [2.75, 3.05) is 0 Å². The number of hydrogen-bond donors (Lipinski definition) is 1. The number of nitrogens with zero attached hydrogens (tertiary/aromatic N) is 1. The van der Waals surface area contributed by atoms with Crippen molar-refractivity contribution in [3.63, 3.8) is 0 Å². The van der Waals surface area contributed by atoms with E-state index in [1.54, 1.807) is 0 Å². The van der Waals surface area contributed by atoms with E-state index in [0.29, 0.717) is 12.0 Å². The molecule has 1 aromatic heterocycles. The summed E-state index contributed by atoms with van der Waals surface area (Å²) in [7, 11) is 0. The van der Waals surface area contributed by atoms with E-state index in [9.17, 15) is 0 Å². The standard InChI is InChI=1S/C19H28N2/c1-5-16-7-9-18(10-8-16)19(15(3)4)20-13-17-11-12-21(6-2)14-17/h7-12,14-15,19-20H,5-6,13H2,1-4H3. The van der Waals surface area contributed by atoms with Gasteiger partial charge >= 0.3 is 0 Å². The number of rotatable bonds is 7. The van der Waals surface area contributed by atoms with Crippen LogP contribution in [0, 0.1) is 5.92 Å². The average Bonchev–Trinajstić information content (AvgIpc) is 2.96. The summed E-state index contributed by atoms with van der Waals surface area (Å²) < 4.78 is 2.22. The second kappa shape index (κ2) is 7.46. The van der Waals surface area contributed by atoms with Gasteiger partial charge in [0, 0.05) is 31.5 Å². The van der Waals surface area contributed by atoms with Crippen LogP contribution in [0.4, 0.5) is 0 Å². The third-order valence-corrected chi connectivity index (χ3v) is 4.12. The van der Waals surface area contributed by atoms with Crippen LogP contribution in [0.1, 0.15) is 50.4 Å². The highest BCUT2D eigenvalue weighted by molar-refractivity contribution is 5.25. The molecule has 0 radical (unpaired) electrons. The Balaban J connectivity index is 2.04. The Labute approximate surface area is 129 Å². The molecule has 0 spiro atoms. The first-order valence-corrected chi connectivity index (χ1v) is 8.10. The average molecular weight is 284 g/mol. The van der Waals surface area contributed by atoms with Gasteiger partial charge in [0.1, 0.15) is 0 Å². The van der Waals surface area contributed by atoms with Crippen LogP contribution in [0.2, 0.25) is 0 Å². The minimum Gasteiger partial charge on any atom is -0.354 e. The smallest absolute Gasteiger partial charge is 0.0346 e. The van der Waals surface area contributed by atoms with Crippen LogP contribution in [0.25, 0.3) is 0 Å². The Morgan fingerprint density at radius 1 is 1.00 bits per heavy atom. The lowest BCUT2D eigenvalue weighted by Crippen LogP contribution is -2.25. The van der Waals surface area contributed by atoms with Crippen LogP contribution >= 0.6 is 0 Å². The summed E-state index contributed by atoms with van der Waals surface area (Å²) in [6.07, 6.45) is 5.48. The highest BCUT2D eigenvalue weighted by Crippen LogP contribution is 2.22. The molecule has 2 rings (SSSR count). The van der Waals surface area contributed by atoms with Crippen molar-refractivity contribution in [2.24, 2.45) is 5.92 Å². The fourth-order valence-corrected chi connectivity index (χ4v) is 2.72. The zero-order valence-corrected chi connectivity index (χ0v) is 13.8. The van der Waals surface area contributed by atoms with Crippen molar-refractivity contribution in [3.8, 4) is 0 Å². The van der Waals surface area contributed by atoms with Gasteiger partial charge in [-0.3, -0.25) is 0 Å². The number of aromatic nitrogens is 1. The van der Waals surface area contributed by atoms with Gasteiger partial charge in [0.15, 0.2) is 0 Å². The molecule has 1 aromatic carbocycles. The first-order chi connectivity index (χ1) is 10.1. The van der Waals surface area contributed by atoms with E-state index in [0.717, 1.165) is 19.5 Å². The predicted octanol–water partition coefficient (Wildman–Crippen LogP) is 4.56. The topological polar surface area (TPSA) is 17.0 Å². The summed E-state index contributed by atoms with van der Waals surface area (Å²) in [4.78, 5) is 0. The molecule has 0 amide bonds. The quantitative estimate of drug-likeness (QED) is 0.789.